The number of hydrogen-bond donors (Lipinski definition) is 0. The Bertz CT molecular complexity index is 827. The fourth-order valence-electron chi connectivity index (χ4n) is 3.27. The van der Waals surface area contributed by atoms with E-state index < -0.39 is 0 Å². The average molecular weight is 356 g/mol. The van der Waals surface area contributed by atoms with Crippen LogP contribution in [0.5, 0.6) is 5.75 Å². The number of para-hydroxylation sites is 1. The number of hydrogen-bond acceptors (Lipinski definition) is 4. The van der Waals surface area contributed by atoms with Gasteiger partial charge in [-0.05, 0) is 12.1 Å². The van der Waals surface area contributed by atoms with Crippen molar-refractivity contribution in [2.75, 3.05) is 26.3 Å². The van der Waals surface area contributed by atoms with E-state index >= 15 is 0 Å². The fraction of sp³-hybridized carbons (Fsp3) is 0.250. The van der Waals surface area contributed by atoms with E-state index in [1.165, 1.54) is 0 Å². The number of nitrogens with zero attached hydrogens (tertiary/aromatic N) is 1. The van der Waals surface area contributed by atoms with Crippen LogP contribution in [0.25, 0.3) is 11.1 Å². The van der Waals surface area contributed by atoms with E-state index in [9.17, 15) is 4.79 Å². The molecule has 25 heavy (non-hydrogen) atoms. The van der Waals surface area contributed by atoms with Crippen molar-refractivity contribution in [3.8, 4) is 16.9 Å². The van der Waals surface area contributed by atoms with Gasteiger partial charge < -0.3 is 19.2 Å². The predicted octanol–water partition coefficient (Wildman–Crippen LogP) is 3.86. The van der Waals surface area contributed by atoms with Crippen LogP contribution < -0.4 is 4.74 Å². The van der Waals surface area contributed by atoms with E-state index in [0.29, 0.717) is 29.9 Å². The minimum absolute atomic E-state index is 0.330. The number of benzene rings is 2. The van der Waals surface area contributed by atoms with E-state index in [1.807, 2.05) is 48.5 Å². The molecule has 4 nitrogen and oxygen atoms in total. The Morgan fingerprint density at radius 1 is 1.04 bits per heavy atom. The van der Waals surface area contributed by atoms with Gasteiger partial charge in [0.1, 0.15) is 12.0 Å². The Labute approximate surface area is 151 Å². The fourth-order valence-corrected chi connectivity index (χ4v) is 3.51. The molecule has 2 aromatic carbocycles. The number of aldehydes is 1. The van der Waals surface area contributed by atoms with Gasteiger partial charge in [0.25, 0.3) is 0 Å². The third-order valence-electron chi connectivity index (χ3n) is 4.57. The first-order valence-electron chi connectivity index (χ1n) is 8.33. The molecule has 5 heteroatoms. The second-order valence-electron chi connectivity index (χ2n) is 6.07. The Morgan fingerprint density at radius 3 is 2.56 bits per heavy atom. The van der Waals surface area contributed by atoms with E-state index in [1.54, 1.807) is 0 Å². The zero-order chi connectivity index (χ0) is 17.2. The molecule has 0 aromatic heterocycles. The lowest BCUT2D eigenvalue weighted by molar-refractivity contribution is -0.108. The molecule has 128 valence electrons. The summed E-state index contributed by atoms with van der Waals surface area (Å²) in [5, 5.41) is 0.657. The quantitative estimate of drug-likeness (QED) is 0.784. The highest BCUT2D eigenvalue weighted by Gasteiger charge is 2.28. The van der Waals surface area contributed by atoms with Crippen molar-refractivity contribution in [1.29, 1.82) is 0 Å². The van der Waals surface area contributed by atoms with E-state index in [0.717, 1.165) is 36.1 Å². The predicted molar refractivity (Wildman–Crippen MR) is 96.8 cm³/mol. The molecule has 0 aliphatic carbocycles. The Balaban J connectivity index is 1.79. The molecule has 1 atom stereocenters. The average Bonchev–Trinajstić information content (AvgIpc) is 2.68. The summed E-state index contributed by atoms with van der Waals surface area (Å²) in [6.45, 7) is 2.82. The molecular weight excluding hydrogens is 338 g/mol. The summed E-state index contributed by atoms with van der Waals surface area (Å²) in [5.74, 6) is 1.09. The number of allylic oxidation sites excluding steroid dienone is 1. The van der Waals surface area contributed by atoms with Gasteiger partial charge in [-0.25, -0.2) is 0 Å². The summed E-state index contributed by atoms with van der Waals surface area (Å²) in [7, 11) is 0. The Hall–Kier alpha value is -2.30. The lowest BCUT2D eigenvalue weighted by atomic mass is 9.92. The second-order valence-corrected chi connectivity index (χ2v) is 6.48. The van der Waals surface area contributed by atoms with Crippen molar-refractivity contribution < 1.29 is 14.3 Å². The van der Waals surface area contributed by atoms with E-state index in [-0.39, 0.29) is 5.92 Å². The van der Waals surface area contributed by atoms with Gasteiger partial charge in [0.05, 0.1) is 19.1 Å². The van der Waals surface area contributed by atoms with Crippen LogP contribution in [0.3, 0.4) is 0 Å². The number of fused-ring (bicyclic) bond motifs is 1. The largest absolute Gasteiger partial charge is 0.441 e. The van der Waals surface area contributed by atoms with Crippen molar-refractivity contribution in [2.24, 2.45) is 0 Å². The van der Waals surface area contributed by atoms with Crippen LogP contribution in [-0.4, -0.2) is 37.5 Å². The van der Waals surface area contributed by atoms with Crippen LogP contribution >= 0.6 is 11.6 Å². The molecule has 1 unspecified atom stereocenters. The first-order chi connectivity index (χ1) is 12.3. The van der Waals surface area contributed by atoms with Crippen LogP contribution in [0.15, 0.2) is 54.4 Å². The normalized spacial score (nSPS) is 19.6. The summed E-state index contributed by atoms with van der Waals surface area (Å²) in [5.41, 5.74) is 2.66. The molecule has 0 spiro atoms. The first kappa shape index (κ1) is 16.2. The van der Waals surface area contributed by atoms with Crippen molar-refractivity contribution in [3.63, 3.8) is 0 Å². The highest BCUT2D eigenvalue weighted by Crippen LogP contribution is 2.43. The summed E-state index contributed by atoms with van der Waals surface area (Å²) in [6.07, 6.45) is 2.84. The van der Waals surface area contributed by atoms with E-state index in [2.05, 4.69) is 4.90 Å². The smallest absolute Gasteiger partial charge is 0.193 e. The van der Waals surface area contributed by atoms with Crippen molar-refractivity contribution in [3.05, 3.63) is 65.0 Å². The van der Waals surface area contributed by atoms with E-state index in [4.69, 9.17) is 21.1 Å². The van der Waals surface area contributed by atoms with Crippen molar-refractivity contribution in [1.82, 2.24) is 4.90 Å². The van der Waals surface area contributed by atoms with Crippen LogP contribution in [0.1, 0.15) is 11.5 Å². The molecule has 1 saturated heterocycles. The summed E-state index contributed by atoms with van der Waals surface area (Å²) >= 11 is 6.39. The summed E-state index contributed by atoms with van der Waals surface area (Å²) in [4.78, 5) is 13.8. The molecule has 0 radical (unpaired) electrons. The number of halogens is 1. The number of ether oxygens (including phenoxy) is 2. The second kappa shape index (κ2) is 6.90. The number of carbonyl (C=O) groups is 1. The number of morpholine rings is 1. The number of carbonyl (C=O) groups excluding carboxylic acids is 1. The molecule has 0 saturated carbocycles. The zero-order valence-electron chi connectivity index (χ0n) is 13.7. The van der Waals surface area contributed by atoms with Crippen LogP contribution in [0, 0.1) is 0 Å². The van der Waals surface area contributed by atoms with Crippen LogP contribution in [0.4, 0.5) is 0 Å². The van der Waals surface area contributed by atoms with Gasteiger partial charge in [-0.3, -0.25) is 0 Å². The van der Waals surface area contributed by atoms with Gasteiger partial charge in [0, 0.05) is 34.8 Å². The molecule has 2 aromatic rings. The van der Waals surface area contributed by atoms with Gasteiger partial charge in [-0.15, -0.1) is 0 Å². The maximum Gasteiger partial charge on any atom is 0.193 e. The van der Waals surface area contributed by atoms with Crippen LogP contribution in [0.2, 0.25) is 5.02 Å². The molecule has 2 aliphatic heterocycles. The summed E-state index contributed by atoms with van der Waals surface area (Å²) in [6, 6.07) is 13.5. The molecule has 1 fully saturated rings. The first-order valence-corrected chi connectivity index (χ1v) is 8.71. The third kappa shape index (κ3) is 3.03. The standard InChI is InChI=1S/C20H18ClNO3/c21-18-7-2-1-4-16(18)17-6-3-5-15-14(13-23)12-19(25-20(15)17)22-8-10-24-11-9-22/h1-7,12-14H,8-11H2. The molecule has 0 N–H and O–H groups in total. The van der Waals surface area contributed by atoms with Gasteiger partial charge in [-0.2, -0.15) is 0 Å². The molecule has 0 bridgehead atoms. The molecule has 4 rings (SSSR count). The van der Waals surface area contributed by atoms with Crippen molar-refractivity contribution in [2.45, 2.75) is 5.92 Å². The lowest BCUT2D eigenvalue weighted by Gasteiger charge is -2.34. The Kier molecular flexibility index (Phi) is 4.47. The zero-order valence-corrected chi connectivity index (χ0v) is 14.4. The molecule has 2 aliphatic rings. The molecule has 2 heterocycles. The minimum Gasteiger partial charge on any atom is -0.441 e. The number of rotatable bonds is 3. The van der Waals surface area contributed by atoms with Gasteiger partial charge in [0.2, 0.25) is 0 Å². The Morgan fingerprint density at radius 2 is 1.80 bits per heavy atom. The highest BCUT2D eigenvalue weighted by molar-refractivity contribution is 6.33. The third-order valence-corrected chi connectivity index (χ3v) is 4.90. The maximum absolute atomic E-state index is 11.7. The monoisotopic (exact) mass is 355 g/mol. The summed E-state index contributed by atoms with van der Waals surface area (Å²) < 4.78 is 11.7. The topological polar surface area (TPSA) is 38.8 Å². The molecule has 0 amide bonds. The van der Waals surface area contributed by atoms with Gasteiger partial charge in [-0.1, -0.05) is 48.0 Å². The maximum atomic E-state index is 11.7. The minimum atomic E-state index is -0.330. The van der Waals surface area contributed by atoms with Crippen LogP contribution in [-0.2, 0) is 9.53 Å². The SMILES string of the molecule is O=CC1C=C(N2CCOCC2)Oc2c(-c3ccccc3Cl)cccc21. The van der Waals surface area contributed by atoms with Crippen molar-refractivity contribution >= 4 is 17.9 Å². The van der Waals surface area contributed by atoms with Gasteiger partial charge >= 0.3 is 0 Å². The molecular formula is C20H18ClNO3. The van der Waals surface area contributed by atoms with Gasteiger partial charge in [0.15, 0.2) is 5.88 Å². The highest BCUT2D eigenvalue weighted by atomic mass is 35.5. The lowest BCUT2D eigenvalue weighted by Crippen LogP contribution is -2.38.